The Hall–Kier alpha value is -7.34. The number of aromatic carboxylic acids is 2. The maximum Gasteiger partial charge on any atom is 0.339 e. The van der Waals surface area contributed by atoms with Gasteiger partial charge in [0.05, 0.1) is 0 Å². The molecule has 0 radical (unpaired) electrons. The Morgan fingerprint density at radius 2 is 0.640 bits per heavy atom. The number of phenols is 4. The first-order valence-corrected chi connectivity index (χ1v) is 14.6. The molecule has 4 aromatic heterocycles. The van der Waals surface area contributed by atoms with Crippen molar-refractivity contribution in [2.24, 2.45) is 0 Å². The van der Waals surface area contributed by atoms with Crippen molar-refractivity contribution in [1.82, 2.24) is 19.9 Å². The quantitative estimate of drug-likeness (QED) is 0.100. The summed E-state index contributed by atoms with van der Waals surface area (Å²) in [6.07, 6.45) is 22.5. The molecule has 252 valence electrons. The van der Waals surface area contributed by atoms with Gasteiger partial charge in [-0.2, -0.15) is 0 Å². The fraction of sp³-hybridized carbons (Fsp3) is 0. The number of pyridine rings is 4. The first kappa shape index (κ1) is 37.1. The van der Waals surface area contributed by atoms with E-state index in [1.165, 1.54) is 36.4 Å². The minimum absolute atomic E-state index is 0.301. The molecule has 6 N–H and O–H groups in total. The third kappa shape index (κ3) is 12.8. The first-order chi connectivity index (χ1) is 24.2. The number of para-hydroxylation sites is 2. The van der Waals surface area contributed by atoms with Gasteiger partial charge in [0.2, 0.25) is 0 Å². The second-order valence-corrected chi connectivity index (χ2v) is 9.75. The van der Waals surface area contributed by atoms with Gasteiger partial charge >= 0.3 is 11.9 Å². The van der Waals surface area contributed by atoms with Crippen molar-refractivity contribution in [2.75, 3.05) is 0 Å². The van der Waals surface area contributed by atoms with Crippen molar-refractivity contribution in [3.05, 3.63) is 168 Å². The highest BCUT2D eigenvalue weighted by atomic mass is 16.4. The number of carboxylic acids is 2. The Bertz CT molecular complexity index is 1760. The summed E-state index contributed by atoms with van der Waals surface area (Å²) in [5.41, 5.74) is 4.00. The van der Waals surface area contributed by atoms with Gasteiger partial charge in [-0.3, -0.25) is 19.9 Å². The molecular weight excluding hydrogens is 640 g/mol. The summed E-state index contributed by atoms with van der Waals surface area (Å²) in [5.74, 6) is -4.58. The molecule has 0 aliphatic heterocycles. The van der Waals surface area contributed by atoms with Gasteiger partial charge in [-0.25, -0.2) is 9.59 Å². The van der Waals surface area contributed by atoms with Crippen LogP contribution in [0.25, 0.3) is 24.3 Å². The summed E-state index contributed by atoms with van der Waals surface area (Å²) < 4.78 is 0. The van der Waals surface area contributed by atoms with E-state index in [9.17, 15) is 9.59 Å². The molecule has 2 aromatic carbocycles. The number of hydrogen-bond acceptors (Lipinski definition) is 10. The standard InChI is InChI=1S/2C12H10N2.2C7H6O4/c2*1(11-3-7-13-8-4-11)2-12-5-9-14-10-6-12;2*8-5-3-1-2-4(6(5)9)7(10)11/h2*1-10H;2*1-3,8-9H,(H,10,11)/b2*2-1+;;. The van der Waals surface area contributed by atoms with E-state index in [2.05, 4.69) is 44.2 Å². The lowest BCUT2D eigenvalue weighted by Crippen LogP contribution is -1.95. The molecule has 6 rings (SSSR count). The summed E-state index contributed by atoms with van der Waals surface area (Å²) in [6.45, 7) is 0. The molecule has 50 heavy (non-hydrogen) atoms. The van der Waals surface area contributed by atoms with Crippen molar-refractivity contribution >= 4 is 36.2 Å². The van der Waals surface area contributed by atoms with Crippen LogP contribution in [0, 0.1) is 0 Å². The Balaban J connectivity index is 0.000000182. The van der Waals surface area contributed by atoms with Gasteiger partial charge in [-0.15, -0.1) is 0 Å². The second-order valence-electron chi connectivity index (χ2n) is 9.75. The molecular formula is C38H32N4O8. The van der Waals surface area contributed by atoms with E-state index in [1.807, 2.05) is 48.5 Å². The molecule has 4 heterocycles. The van der Waals surface area contributed by atoms with Gasteiger partial charge in [0.25, 0.3) is 0 Å². The molecule has 6 aromatic rings. The number of aromatic nitrogens is 4. The van der Waals surface area contributed by atoms with Crippen molar-refractivity contribution < 1.29 is 40.2 Å². The third-order valence-electron chi connectivity index (χ3n) is 6.25. The molecule has 0 aliphatic carbocycles. The van der Waals surface area contributed by atoms with E-state index in [1.54, 1.807) is 49.6 Å². The second kappa shape index (κ2) is 20.0. The van der Waals surface area contributed by atoms with Gasteiger partial charge in [0, 0.05) is 49.6 Å². The highest BCUT2D eigenvalue weighted by Crippen LogP contribution is 2.28. The van der Waals surface area contributed by atoms with Gasteiger partial charge in [-0.05, 0) is 95.1 Å². The molecule has 0 aliphatic rings. The minimum atomic E-state index is -1.27. The molecule has 0 fully saturated rings. The van der Waals surface area contributed by atoms with Crippen LogP contribution >= 0.6 is 0 Å². The van der Waals surface area contributed by atoms with Gasteiger partial charge in [0.1, 0.15) is 11.1 Å². The van der Waals surface area contributed by atoms with E-state index in [0.717, 1.165) is 22.3 Å². The SMILES string of the molecule is C(=C\c1ccncc1)/c1ccncc1.C(=C\c1ccncc1)/c1ccncc1.O=C(O)c1cccc(O)c1O.O=C(O)c1cccc(O)c1O. The van der Waals surface area contributed by atoms with Crippen LogP contribution < -0.4 is 0 Å². The zero-order valence-corrected chi connectivity index (χ0v) is 26.3. The largest absolute Gasteiger partial charge is 0.504 e. The van der Waals surface area contributed by atoms with E-state index >= 15 is 0 Å². The van der Waals surface area contributed by atoms with Crippen molar-refractivity contribution in [3.63, 3.8) is 0 Å². The Labute approximate surface area is 287 Å². The fourth-order valence-electron chi connectivity index (χ4n) is 3.69. The van der Waals surface area contributed by atoms with Gasteiger partial charge in [-0.1, -0.05) is 36.4 Å². The third-order valence-corrected chi connectivity index (χ3v) is 6.25. The molecule has 0 saturated carbocycles. The number of carboxylic acid groups (broad SMARTS) is 2. The summed E-state index contributed by atoms with van der Waals surface area (Å²) in [7, 11) is 0. The average molecular weight is 673 g/mol. The van der Waals surface area contributed by atoms with Crippen LogP contribution in [0.2, 0.25) is 0 Å². The lowest BCUT2D eigenvalue weighted by atomic mass is 10.2. The summed E-state index contributed by atoms with van der Waals surface area (Å²) in [6, 6.07) is 23.3. The normalized spacial score (nSPS) is 10.1. The molecule has 12 heteroatoms. The van der Waals surface area contributed by atoms with Crippen molar-refractivity contribution in [2.45, 2.75) is 0 Å². The van der Waals surface area contributed by atoms with E-state index in [-0.39, 0.29) is 11.1 Å². The number of aromatic hydroxyl groups is 4. The first-order valence-electron chi connectivity index (χ1n) is 14.6. The Morgan fingerprint density at radius 3 is 0.840 bits per heavy atom. The minimum Gasteiger partial charge on any atom is -0.504 e. The summed E-state index contributed by atoms with van der Waals surface area (Å²) in [5, 5.41) is 52.4. The van der Waals surface area contributed by atoms with E-state index in [0.29, 0.717) is 0 Å². The summed E-state index contributed by atoms with van der Waals surface area (Å²) >= 11 is 0. The zero-order chi connectivity index (χ0) is 36.1. The van der Waals surface area contributed by atoms with Crippen LogP contribution in [-0.4, -0.2) is 62.5 Å². The number of phenolic OH excluding ortho intramolecular Hbond substituents is 2. The average Bonchev–Trinajstić information content (AvgIpc) is 3.14. The van der Waals surface area contributed by atoms with Crippen LogP contribution in [0.1, 0.15) is 43.0 Å². The van der Waals surface area contributed by atoms with Crippen LogP contribution in [0.15, 0.2) is 135 Å². The Kier molecular flexibility index (Phi) is 14.9. The molecule has 12 nitrogen and oxygen atoms in total. The van der Waals surface area contributed by atoms with E-state index in [4.69, 9.17) is 30.6 Å². The van der Waals surface area contributed by atoms with Crippen LogP contribution in [0.3, 0.4) is 0 Å². The van der Waals surface area contributed by atoms with Crippen LogP contribution in [0.5, 0.6) is 23.0 Å². The lowest BCUT2D eigenvalue weighted by Gasteiger charge is -1.99. The maximum absolute atomic E-state index is 10.3. The molecule has 0 unspecified atom stereocenters. The molecule has 0 bridgehead atoms. The highest BCUT2D eigenvalue weighted by Gasteiger charge is 2.12. The number of carbonyl (C=O) groups is 2. The molecule has 0 amide bonds. The van der Waals surface area contributed by atoms with Crippen LogP contribution in [0.4, 0.5) is 0 Å². The number of rotatable bonds is 6. The maximum atomic E-state index is 10.3. The molecule has 0 atom stereocenters. The van der Waals surface area contributed by atoms with Crippen molar-refractivity contribution in [3.8, 4) is 23.0 Å². The number of hydrogen-bond donors (Lipinski definition) is 6. The van der Waals surface area contributed by atoms with Crippen molar-refractivity contribution in [1.29, 1.82) is 0 Å². The predicted molar refractivity (Wildman–Crippen MR) is 188 cm³/mol. The lowest BCUT2D eigenvalue weighted by molar-refractivity contribution is 0.0681. The zero-order valence-electron chi connectivity index (χ0n) is 26.3. The topological polar surface area (TPSA) is 207 Å². The van der Waals surface area contributed by atoms with Gasteiger partial charge < -0.3 is 30.6 Å². The Morgan fingerprint density at radius 1 is 0.400 bits per heavy atom. The van der Waals surface area contributed by atoms with Crippen LogP contribution in [-0.2, 0) is 0 Å². The predicted octanol–water partition coefficient (Wildman–Crippen LogP) is 6.89. The van der Waals surface area contributed by atoms with E-state index < -0.39 is 34.9 Å². The molecule has 0 saturated heterocycles. The number of benzene rings is 2. The fourth-order valence-corrected chi connectivity index (χ4v) is 3.69. The monoisotopic (exact) mass is 672 g/mol. The highest BCUT2D eigenvalue weighted by molar-refractivity contribution is 5.92. The van der Waals surface area contributed by atoms with Gasteiger partial charge in [0.15, 0.2) is 23.0 Å². The molecule has 0 spiro atoms. The smallest absolute Gasteiger partial charge is 0.339 e. The summed E-state index contributed by atoms with van der Waals surface area (Å²) in [4.78, 5) is 36.4. The number of nitrogens with zero attached hydrogens (tertiary/aromatic N) is 4.